The first-order chi connectivity index (χ1) is 9.81. The maximum Gasteiger partial charge on any atom is 0.225 e. The molecule has 1 N–H and O–H groups in total. The molecule has 21 heavy (non-hydrogen) atoms. The summed E-state index contributed by atoms with van der Waals surface area (Å²) < 4.78 is 11.6. The second kappa shape index (κ2) is 7.35. The van der Waals surface area contributed by atoms with Crippen LogP contribution in [0.4, 0.5) is 5.95 Å². The summed E-state index contributed by atoms with van der Waals surface area (Å²) in [6.07, 6.45) is 5.71. The van der Waals surface area contributed by atoms with Crippen LogP contribution in [0.25, 0.3) is 0 Å². The number of nitrogens with zero attached hydrogens (tertiary/aromatic N) is 3. The van der Waals surface area contributed by atoms with E-state index in [2.05, 4.69) is 20.2 Å². The van der Waals surface area contributed by atoms with Crippen LogP contribution in [-0.2, 0) is 9.47 Å². The fourth-order valence-corrected chi connectivity index (χ4v) is 3.12. The smallest absolute Gasteiger partial charge is 0.225 e. The van der Waals surface area contributed by atoms with Crippen LogP contribution in [0.5, 0.6) is 0 Å². The first-order valence-electron chi connectivity index (χ1n) is 7.21. The van der Waals surface area contributed by atoms with Gasteiger partial charge in [0.1, 0.15) is 0 Å². The Kier molecular flexibility index (Phi) is 5.75. The number of rotatable bonds is 3. The van der Waals surface area contributed by atoms with Gasteiger partial charge in [0.05, 0.1) is 24.9 Å². The molecular formula is C14H23ClN4O2. The quantitative estimate of drug-likeness (QED) is 0.893. The Bertz CT molecular complexity index is 428. The van der Waals surface area contributed by atoms with Crippen LogP contribution in [0.3, 0.4) is 0 Å². The summed E-state index contributed by atoms with van der Waals surface area (Å²) in [7, 11) is 1.72. The summed E-state index contributed by atoms with van der Waals surface area (Å²) in [6, 6.07) is 1.84. The summed E-state index contributed by atoms with van der Waals surface area (Å²) >= 11 is 0. The third kappa shape index (κ3) is 3.83. The van der Waals surface area contributed by atoms with Crippen molar-refractivity contribution in [2.45, 2.75) is 24.5 Å². The van der Waals surface area contributed by atoms with Gasteiger partial charge in [-0.05, 0) is 32.0 Å². The number of hydrogen-bond acceptors (Lipinski definition) is 6. The van der Waals surface area contributed by atoms with Crippen molar-refractivity contribution < 1.29 is 9.47 Å². The number of nitrogens with one attached hydrogen (secondary N) is 1. The Morgan fingerprint density at radius 2 is 2.10 bits per heavy atom. The topological polar surface area (TPSA) is 59.5 Å². The van der Waals surface area contributed by atoms with E-state index in [9.17, 15) is 0 Å². The van der Waals surface area contributed by atoms with Gasteiger partial charge < -0.3 is 19.7 Å². The van der Waals surface area contributed by atoms with Crippen molar-refractivity contribution >= 4 is 18.4 Å². The summed E-state index contributed by atoms with van der Waals surface area (Å²) in [5.74, 6) is 0.787. The second-order valence-corrected chi connectivity index (χ2v) is 5.56. The van der Waals surface area contributed by atoms with E-state index in [0.717, 1.165) is 45.0 Å². The van der Waals surface area contributed by atoms with E-state index in [0.29, 0.717) is 6.61 Å². The van der Waals surface area contributed by atoms with Crippen molar-refractivity contribution in [2.75, 3.05) is 44.8 Å². The number of aromatic nitrogens is 2. The predicted octanol–water partition coefficient (Wildman–Crippen LogP) is 0.872. The number of morpholine rings is 1. The molecule has 0 bridgehead atoms. The second-order valence-electron chi connectivity index (χ2n) is 5.56. The van der Waals surface area contributed by atoms with Crippen LogP contribution in [-0.4, -0.2) is 61.6 Å². The van der Waals surface area contributed by atoms with Gasteiger partial charge in [-0.2, -0.15) is 0 Å². The molecule has 2 aliphatic rings. The van der Waals surface area contributed by atoms with Crippen molar-refractivity contribution in [3.8, 4) is 0 Å². The summed E-state index contributed by atoms with van der Waals surface area (Å²) in [5, 5.41) is 3.40. The Morgan fingerprint density at radius 1 is 1.38 bits per heavy atom. The highest BCUT2D eigenvalue weighted by Crippen LogP contribution is 2.31. The van der Waals surface area contributed by atoms with Crippen molar-refractivity contribution in [3.63, 3.8) is 0 Å². The van der Waals surface area contributed by atoms with E-state index in [1.807, 2.05) is 6.07 Å². The molecule has 1 atom stereocenters. The molecule has 7 heteroatoms. The van der Waals surface area contributed by atoms with E-state index < -0.39 is 0 Å². The average Bonchev–Trinajstić information content (AvgIpc) is 2.49. The van der Waals surface area contributed by atoms with Crippen LogP contribution < -0.4 is 10.2 Å². The van der Waals surface area contributed by atoms with Gasteiger partial charge >= 0.3 is 0 Å². The van der Waals surface area contributed by atoms with E-state index >= 15 is 0 Å². The van der Waals surface area contributed by atoms with Gasteiger partial charge in [-0.1, -0.05) is 0 Å². The number of hydrogen-bond donors (Lipinski definition) is 1. The summed E-state index contributed by atoms with van der Waals surface area (Å²) in [5.41, 5.74) is -0.0914. The molecule has 118 valence electrons. The molecule has 2 aliphatic heterocycles. The van der Waals surface area contributed by atoms with Crippen molar-refractivity contribution in [1.82, 2.24) is 15.3 Å². The lowest BCUT2D eigenvalue weighted by Gasteiger charge is -2.48. The monoisotopic (exact) mass is 314 g/mol. The molecule has 2 fully saturated rings. The van der Waals surface area contributed by atoms with Crippen molar-refractivity contribution in [2.24, 2.45) is 0 Å². The lowest BCUT2D eigenvalue weighted by molar-refractivity contribution is -0.137. The zero-order chi connectivity index (χ0) is 13.8. The van der Waals surface area contributed by atoms with E-state index in [1.165, 1.54) is 0 Å². The van der Waals surface area contributed by atoms with Gasteiger partial charge in [-0.25, -0.2) is 9.97 Å². The number of halogens is 1. The lowest BCUT2D eigenvalue weighted by atomic mass is 9.89. The zero-order valence-corrected chi connectivity index (χ0v) is 13.1. The molecule has 2 saturated heterocycles. The molecule has 0 radical (unpaired) electrons. The van der Waals surface area contributed by atoms with Gasteiger partial charge in [0.25, 0.3) is 0 Å². The molecule has 6 nitrogen and oxygen atoms in total. The molecule has 0 amide bonds. The normalized spacial score (nSPS) is 24.6. The highest BCUT2D eigenvalue weighted by molar-refractivity contribution is 5.85. The Balaban J connectivity index is 0.00000161. The predicted molar refractivity (Wildman–Crippen MR) is 83.1 cm³/mol. The molecule has 1 spiro atoms. The number of ether oxygens (including phenoxy) is 2. The lowest BCUT2D eigenvalue weighted by Crippen LogP contribution is -2.60. The van der Waals surface area contributed by atoms with E-state index in [4.69, 9.17) is 9.47 Å². The SMILES string of the molecule is COCC1CN(c2ncccn2)CC2(CCNCC2)O1.Cl. The fourth-order valence-electron chi connectivity index (χ4n) is 3.12. The van der Waals surface area contributed by atoms with Crippen LogP contribution in [0, 0.1) is 0 Å². The van der Waals surface area contributed by atoms with Gasteiger partial charge in [0.2, 0.25) is 5.95 Å². The van der Waals surface area contributed by atoms with Gasteiger partial charge in [0, 0.05) is 26.0 Å². The van der Waals surface area contributed by atoms with E-state index in [-0.39, 0.29) is 24.1 Å². The van der Waals surface area contributed by atoms with Crippen molar-refractivity contribution in [1.29, 1.82) is 0 Å². The zero-order valence-electron chi connectivity index (χ0n) is 12.3. The molecular weight excluding hydrogens is 292 g/mol. The molecule has 0 aromatic carbocycles. The molecule has 0 aliphatic carbocycles. The minimum Gasteiger partial charge on any atom is -0.382 e. The largest absolute Gasteiger partial charge is 0.382 e. The number of methoxy groups -OCH3 is 1. The minimum absolute atomic E-state index is 0. The van der Waals surface area contributed by atoms with Crippen LogP contribution in [0.15, 0.2) is 18.5 Å². The molecule has 1 unspecified atom stereocenters. The number of anilines is 1. The van der Waals surface area contributed by atoms with E-state index in [1.54, 1.807) is 19.5 Å². The summed E-state index contributed by atoms with van der Waals surface area (Å²) in [4.78, 5) is 11.0. The van der Waals surface area contributed by atoms with Gasteiger partial charge in [-0.15, -0.1) is 12.4 Å². The Hall–Kier alpha value is -0.950. The highest BCUT2D eigenvalue weighted by atomic mass is 35.5. The number of piperidine rings is 1. The Morgan fingerprint density at radius 3 is 2.76 bits per heavy atom. The van der Waals surface area contributed by atoms with Gasteiger partial charge in [-0.3, -0.25) is 0 Å². The molecule has 3 rings (SSSR count). The average molecular weight is 315 g/mol. The Labute approximate surface area is 131 Å². The third-order valence-electron chi connectivity index (χ3n) is 4.02. The maximum absolute atomic E-state index is 6.34. The highest BCUT2D eigenvalue weighted by Gasteiger charge is 2.42. The van der Waals surface area contributed by atoms with Gasteiger partial charge in [0.15, 0.2) is 0 Å². The maximum atomic E-state index is 6.34. The van der Waals surface area contributed by atoms with Crippen LogP contribution >= 0.6 is 12.4 Å². The first-order valence-corrected chi connectivity index (χ1v) is 7.21. The minimum atomic E-state index is -0.0914. The first kappa shape index (κ1) is 16.4. The standard InChI is InChI=1S/C14H22N4O2.ClH/c1-19-10-12-9-18(13-16-5-2-6-17-13)11-14(20-12)3-7-15-8-4-14;/h2,5-6,12,15H,3-4,7-11H2,1H3;1H. The summed E-state index contributed by atoms with van der Waals surface area (Å²) in [6.45, 7) is 4.26. The third-order valence-corrected chi connectivity index (χ3v) is 4.02. The molecule has 0 saturated carbocycles. The van der Waals surface area contributed by atoms with Crippen molar-refractivity contribution in [3.05, 3.63) is 18.5 Å². The van der Waals surface area contributed by atoms with Crippen LogP contribution in [0.2, 0.25) is 0 Å². The fraction of sp³-hybridized carbons (Fsp3) is 0.714. The molecule has 3 heterocycles. The molecule has 1 aromatic rings. The van der Waals surface area contributed by atoms with Crippen LogP contribution in [0.1, 0.15) is 12.8 Å². The molecule has 1 aromatic heterocycles.